The van der Waals surface area contributed by atoms with Crippen molar-refractivity contribution in [2.75, 3.05) is 44.6 Å². The standard InChI is InChI=1S/C22H34N4O2/c1-17-8-4-5-10-20(17)23-22(28)19(3)25-14-12-24(13-15-25)16-21(27)26-11-7-6-9-18(26)2/h4-5,8,10,18-19H,6-7,9,11-16H2,1-3H3,(H,23,28). The van der Waals surface area contributed by atoms with Gasteiger partial charge in [-0.1, -0.05) is 18.2 Å². The molecule has 0 saturated carbocycles. The van der Waals surface area contributed by atoms with Crippen molar-refractivity contribution in [1.82, 2.24) is 14.7 Å². The molecule has 2 aliphatic heterocycles. The Hall–Kier alpha value is -1.92. The van der Waals surface area contributed by atoms with E-state index in [2.05, 4.69) is 22.0 Å². The molecule has 1 N–H and O–H groups in total. The van der Waals surface area contributed by atoms with Gasteiger partial charge >= 0.3 is 0 Å². The van der Waals surface area contributed by atoms with Crippen LogP contribution in [-0.2, 0) is 9.59 Å². The van der Waals surface area contributed by atoms with Crippen molar-refractivity contribution in [2.24, 2.45) is 0 Å². The molecule has 0 radical (unpaired) electrons. The first kappa shape index (κ1) is 20.8. The lowest BCUT2D eigenvalue weighted by Crippen LogP contribution is -2.55. The Morgan fingerprint density at radius 2 is 1.82 bits per heavy atom. The first-order valence-electron chi connectivity index (χ1n) is 10.6. The quantitative estimate of drug-likeness (QED) is 0.844. The number of likely N-dealkylation sites (tertiary alicyclic amines) is 1. The molecule has 1 aromatic carbocycles. The lowest BCUT2D eigenvalue weighted by Gasteiger charge is -2.39. The molecule has 0 aliphatic carbocycles. The number of benzene rings is 1. The van der Waals surface area contributed by atoms with E-state index in [0.29, 0.717) is 12.6 Å². The number of nitrogens with one attached hydrogen (secondary N) is 1. The van der Waals surface area contributed by atoms with Gasteiger partial charge in [-0.25, -0.2) is 0 Å². The minimum atomic E-state index is -0.181. The lowest BCUT2D eigenvalue weighted by molar-refractivity contribution is -0.136. The highest BCUT2D eigenvalue weighted by Crippen LogP contribution is 2.18. The number of piperazine rings is 1. The highest BCUT2D eigenvalue weighted by Gasteiger charge is 2.29. The second kappa shape index (κ2) is 9.52. The smallest absolute Gasteiger partial charge is 0.241 e. The predicted molar refractivity (Wildman–Crippen MR) is 112 cm³/mol. The summed E-state index contributed by atoms with van der Waals surface area (Å²) in [5.74, 6) is 0.284. The van der Waals surface area contributed by atoms with Crippen molar-refractivity contribution in [2.45, 2.75) is 52.1 Å². The molecular weight excluding hydrogens is 352 g/mol. The van der Waals surface area contributed by atoms with Gasteiger partial charge in [0.2, 0.25) is 11.8 Å². The zero-order valence-corrected chi connectivity index (χ0v) is 17.5. The van der Waals surface area contributed by atoms with Crippen LogP contribution < -0.4 is 5.32 Å². The average Bonchev–Trinajstić information content (AvgIpc) is 2.70. The maximum atomic E-state index is 12.6. The minimum Gasteiger partial charge on any atom is -0.339 e. The Morgan fingerprint density at radius 3 is 2.50 bits per heavy atom. The van der Waals surface area contributed by atoms with Gasteiger partial charge in [0.25, 0.3) is 0 Å². The Kier molecular flexibility index (Phi) is 7.08. The van der Waals surface area contributed by atoms with E-state index < -0.39 is 0 Å². The van der Waals surface area contributed by atoms with E-state index >= 15 is 0 Å². The molecule has 154 valence electrons. The number of nitrogens with zero attached hydrogens (tertiary/aromatic N) is 3. The second-order valence-electron chi connectivity index (χ2n) is 8.22. The summed E-state index contributed by atoms with van der Waals surface area (Å²) in [6.45, 7) is 10.8. The van der Waals surface area contributed by atoms with E-state index in [4.69, 9.17) is 0 Å². The Morgan fingerprint density at radius 1 is 1.11 bits per heavy atom. The van der Waals surface area contributed by atoms with Gasteiger partial charge in [-0.05, 0) is 51.7 Å². The largest absolute Gasteiger partial charge is 0.339 e. The van der Waals surface area contributed by atoms with E-state index in [0.717, 1.165) is 56.8 Å². The monoisotopic (exact) mass is 386 g/mol. The number of anilines is 1. The minimum absolute atomic E-state index is 0.0287. The molecule has 2 saturated heterocycles. The van der Waals surface area contributed by atoms with Gasteiger partial charge in [-0.2, -0.15) is 0 Å². The summed E-state index contributed by atoms with van der Waals surface area (Å²) in [6.07, 6.45) is 3.47. The van der Waals surface area contributed by atoms with Gasteiger partial charge in [0.1, 0.15) is 0 Å². The SMILES string of the molecule is Cc1ccccc1NC(=O)C(C)N1CCN(CC(=O)N2CCCCC2C)CC1. The van der Waals surface area contributed by atoms with E-state index in [1.807, 2.05) is 43.0 Å². The third-order valence-corrected chi connectivity index (χ3v) is 6.22. The van der Waals surface area contributed by atoms with Crippen LogP contribution in [0.3, 0.4) is 0 Å². The molecular formula is C22H34N4O2. The summed E-state index contributed by atoms with van der Waals surface area (Å²) < 4.78 is 0. The number of piperidine rings is 1. The third-order valence-electron chi connectivity index (χ3n) is 6.22. The summed E-state index contributed by atoms with van der Waals surface area (Å²) in [5.41, 5.74) is 1.94. The lowest BCUT2D eigenvalue weighted by atomic mass is 10.0. The molecule has 0 spiro atoms. The van der Waals surface area contributed by atoms with Crippen LogP contribution in [0.1, 0.15) is 38.7 Å². The molecule has 2 unspecified atom stereocenters. The molecule has 2 heterocycles. The molecule has 6 nitrogen and oxygen atoms in total. The summed E-state index contributed by atoms with van der Waals surface area (Å²) >= 11 is 0. The van der Waals surface area contributed by atoms with E-state index in [1.54, 1.807) is 0 Å². The fourth-order valence-corrected chi connectivity index (χ4v) is 4.18. The van der Waals surface area contributed by atoms with Crippen molar-refractivity contribution in [3.8, 4) is 0 Å². The van der Waals surface area contributed by atoms with E-state index in [9.17, 15) is 9.59 Å². The van der Waals surface area contributed by atoms with E-state index in [-0.39, 0.29) is 17.9 Å². The van der Waals surface area contributed by atoms with Gasteiger partial charge < -0.3 is 10.2 Å². The van der Waals surface area contributed by atoms with Gasteiger partial charge in [0.15, 0.2) is 0 Å². The number of aryl methyl sites for hydroxylation is 1. The van der Waals surface area contributed by atoms with Gasteiger partial charge in [0, 0.05) is 44.5 Å². The third kappa shape index (κ3) is 5.11. The van der Waals surface area contributed by atoms with Gasteiger partial charge in [-0.3, -0.25) is 19.4 Å². The number of rotatable bonds is 5. The van der Waals surface area contributed by atoms with E-state index in [1.165, 1.54) is 6.42 Å². The summed E-state index contributed by atoms with van der Waals surface area (Å²) in [7, 11) is 0. The predicted octanol–water partition coefficient (Wildman–Crippen LogP) is 2.34. The molecule has 0 bridgehead atoms. The van der Waals surface area contributed by atoms with Gasteiger partial charge in [-0.15, -0.1) is 0 Å². The van der Waals surface area contributed by atoms with Crippen molar-refractivity contribution in [3.63, 3.8) is 0 Å². The van der Waals surface area contributed by atoms with Crippen LogP contribution in [0.15, 0.2) is 24.3 Å². The number of hydrogen-bond donors (Lipinski definition) is 1. The molecule has 2 amide bonds. The molecule has 2 atom stereocenters. The van der Waals surface area contributed by atoms with Crippen LogP contribution in [0.4, 0.5) is 5.69 Å². The Labute approximate surface area is 168 Å². The molecule has 2 fully saturated rings. The molecule has 6 heteroatoms. The molecule has 0 aromatic heterocycles. The van der Waals surface area contributed by atoms with Crippen molar-refractivity contribution >= 4 is 17.5 Å². The molecule has 28 heavy (non-hydrogen) atoms. The number of hydrogen-bond acceptors (Lipinski definition) is 4. The maximum absolute atomic E-state index is 12.6. The summed E-state index contributed by atoms with van der Waals surface area (Å²) in [4.78, 5) is 31.8. The Bertz CT molecular complexity index is 685. The number of carbonyl (C=O) groups is 2. The van der Waals surface area contributed by atoms with Crippen LogP contribution in [0.5, 0.6) is 0 Å². The Balaban J connectivity index is 1.46. The highest BCUT2D eigenvalue weighted by molar-refractivity contribution is 5.95. The fraction of sp³-hybridized carbons (Fsp3) is 0.636. The summed E-state index contributed by atoms with van der Waals surface area (Å²) in [5, 5.41) is 3.04. The van der Waals surface area contributed by atoms with Crippen LogP contribution in [0, 0.1) is 6.92 Å². The summed E-state index contributed by atoms with van der Waals surface area (Å²) in [6, 6.07) is 8.03. The average molecular weight is 387 g/mol. The molecule has 2 aliphatic rings. The van der Waals surface area contributed by atoms with Crippen molar-refractivity contribution < 1.29 is 9.59 Å². The number of carbonyl (C=O) groups excluding carboxylic acids is 2. The van der Waals surface area contributed by atoms with Crippen LogP contribution in [0.25, 0.3) is 0 Å². The normalized spacial score (nSPS) is 22.7. The van der Waals surface area contributed by atoms with Crippen LogP contribution in [-0.4, -0.2) is 77.9 Å². The maximum Gasteiger partial charge on any atom is 0.241 e. The van der Waals surface area contributed by atoms with Crippen LogP contribution in [0.2, 0.25) is 0 Å². The molecule has 1 aromatic rings. The first-order chi connectivity index (χ1) is 13.5. The highest BCUT2D eigenvalue weighted by atomic mass is 16.2. The molecule has 3 rings (SSSR count). The van der Waals surface area contributed by atoms with Crippen molar-refractivity contribution in [3.05, 3.63) is 29.8 Å². The van der Waals surface area contributed by atoms with Gasteiger partial charge in [0.05, 0.1) is 12.6 Å². The van der Waals surface area contributed by atoms with Crippen LogP contribution >= 0.6 is 0 Å². The second-order valence-corrected chi connectivity index (χ2v) is 8.22. The fourth-order valence-electron chi connectivity index (χ4n) is 4.18. The zero-order chi connectivity index (χ0) is 20.1. The number of para-hydroxylation sites is 1. The number of amides is 2. The first-order valence-corrected chi connectivity index (χ1v) is 10.6. The van der Waals surface area contributed by atoms with Crippen molar-refractivity contribution in [1.29, 1.82) is 0 Å². The topological polar surface area (TPSA) is 55.9 Å². The zero-order valence-electron chi connectivity index (χ0n) is 17.5.